The maximum atomic E-state index is 12.8. The number of rotatable bonds is 6. The second kappa shape index (κ2) is 9.08. The van der Waals surface area contributed by atoms with Gasteiger partial charge in [-0.1, -0.05) is 37.3 Å². The van der Waals surface area contributed by atoms with Crippen LogP contribution in [0.3, 0.4) is 0 Å². The van der Waals surface area contributed by atoms with Gasteiger partial charge < -0.3 is 15.1 Å². The molecule has 3 aromatic rings. The number of likely N-dealkylation sites (N-methyl/N-ethyl adjacent to an activating group) is 1. The van der Waals surface area contributed by atoms with Crippen LogP contribution in [0.4, 0.5) is 5.69 Å². The van der Waals surface area contributed by atoms with Crippen LogP contribution >= 0.6 is 0 Å². The van der Waals surface area contributed by atoms with Crippen molar-refractivity contribution < 1.29 is 14.0 Å². The zero-order valence-corrected chi connectivity index (χ0v) is 18.6. The highest BCUT2D eigenvalue weighted by atomic mass is 16.3. The number of hydrogen-bond donors (Lipinski definition) is 2. The van der Waals surface area contributed by atoms with Crippen molar-refractivity contribution in [1.29, 1.82) is 0 Å². The minimum atomic E-state index is -0.142. The Morgan fingerprint density at radius 2 is 2.06 bits per heavy atom. The lowest BCUT2D eigenvalue weighted by Crippen LogP contribution is -2.40. The molecule has 0 spiro atoms. The lowest BCUT2D eigenvalue weighted by atomic mass is 10.1. The summed E-state index contributed by atoms with van der Waals surface area (Å²) in [6.45, 7) is 4.95. The highest BCUT2D eigenvalue weighted by Gasteiger charge is 2.24. The van der Waals surface area contributed by atoms with Crippen molar-refractivity contribution in [3.8, 4) is 11.3 Å². The smallest absolute Gasteiger partial charge is 0.256 e. The van der Waals surface area contributed by atoms with E-state index in [0.29, 0.717) is 35.2 Å². The summed E-state index contributed by atoms with van der Waals surface area (Å²) in [7, 11) is 0. The summed E-state index contributed by atoms with van der Waals surface area (Å²) < 4.78 is 6.00. The van der Waals surface area contributed by atoms with E-state index in [1.54, 1.807) is 6.08 Å². The maximum Gasteiger partial charge on any atom is 0.256 e. The van der Waals surface area contributed by atoms with E-state index >= 15 is 0 Å². The van der Waals surface area contributed by atoms with Gasteiger partial charge in [0.1, 0.15) is 11.5 Å². The lowest BCUT2D eigenvalue weighted by Gasteiger charge is -2.22. The van der Waals surface area contributed by atoms with Crippen molar-refractivity contribution in [2.45, 2.75) is 25.8 Å². The number of fused-ring (bicyclic) bond motifs is 1. The molecular formula is C27H27N3O3. The van der Waals surface area contributed by atoms with Gasteiger partial charge in [0, 0.05) is 35.0 Å². The number of carbonyl (C=O) groups excluding carboxylic acids is 2. The number of carbonyl (C=O) groups is 2. The van der Waals surface area contributed by atoms with Gasteiger partial charge in [0.15, 0.2) is 0 Å². The molecule has 1 fully saturated rings. The zero-order valence-electron chi connectivity index (χ0n) is 18.6. The van der Waals surface area contributed by atoms with Gasteiger partial charge in [0.2, 0.25) is 0 Å². The predicted molar refractivity (Wildman–Crippen MR) is 130 cm³/mol. The Morgan fingerprint density at radius 3 is 2.94 bits per heavy atom. The molecule has 5 rings (SSSR count). The van der Waals surface area contributed by atoms with Crippen molar-refractivity contribution in [2.24, 2.45) is 0 Å². The largest absolute Gasteiger partial charge is 0.457 e. The normalized spacial score (nSPS) is 19.0. The molecule has 0 saturated carbocycles. The van der Waals surface area contributed by atoms with E-state index in [9.17, 15) is 9.59 Å². The van der Waals surface area contributed by atoms with Gasteiger partial charge in [-0.05, 0) is 62.3 Å². The predicted octanol–water partition coefficient (Wildman–Crippen LogP) is 4.65. The van der Waals surface area contributed by atoms with Crippen molar-refractivity contribution in [3.63, 3.8) is 0 Å². The van der Waals surface area contributed by atoms with Gasteiger partial charge in [-0.2, -0.15) is 0 Å². The molecule has 2 aliphatic heterocycles. The van der Waals surface area contributed by atoms with Crippen molar-refractivity contribution in [1.82, 2.24) is 10.2 Å². The molecular weight excluding hydrogens is 414 g/mol. The molecule has 1 atom stereocenters. The summed E-state index contributed by atoms with van der Waals surface area (Å²) in [5.41, 5.74) is 3.67. The molecule has 0 aliphatic carbocycles. The summed E-state index contributed by atoms with van der Waals surface area (Å²) in [4.78, 5) is 27.5. The van der Waals surface area contributed by atoms with E-state index in [2.05, 4.69) is 22.5 Å². The van der Waals surface area contributed by atoms with Crippen LogP contribution in [-0.2, 0) is 4.79 Å². The molecule has 2 aliphatic rings. The quantitative estimate of drug-likeness (QED) is 0.546. The maximum absolute atomic E-state index is 12.8. The van der Waals surface area contributed by atoms with Gasteiger partial charge >= 0.3 is 0 Å². The summed E-state index contributed by atoms with van der Waals surface area (Å²) in [6, 6.07) is 19.1. The highest BCUT2D eigenvalue weighted by Crippen LogP contribution is 2.33. The topological polar surface area (TPSA) is 74.6 Å². The number of anilines is 1. The van der Waals surface area contributed by atoms with Gasteiger partial charge in [-0.15, -0.1) is 0 Å². The zero-order chi connectivity index (χ0) is 22.8. The Labute approximate surface area is 193 Å². The monoisotopic (exact) mass is 441 g/mol. The van der Waals surface area contributed by atoms with E-state index < -0.39 is 0 Å². The molecule has 168 valence electrons. The number of para-hydroxylation sites is 1. The van der Waals surface area contributed by atoms with Crippen LogP contribution in [0.1, 0.15) is 41.4 Å². The lowest BCUT2D eigenvalue weighted by molar-refractivity contribution is -0.110. The summed E-state index contributed by atoms with van der Waals surface area (Å²) in [6.07, 6.45) is 4.07. The third kappa shape index (κ3) is 4.34. The number of nitrogens with one attached hydrogen (secondary N) is 2. The van der Waals surface area contributed by atoms with E-state index in [4.69, 9.17) is 4.42 Å². The number of furan rings is 1. The number of likely N-dealkylation sites (tertiary alicyclic amines) is 1. The Kier molecular flexibility index (Phi) is 5.84. The molecule has 6 nitrogen and oxygen atoms in total. The Hall–Kier alpha value is -3.64. The molecule has 2 aromatic carbocycles. The molecule has 0 radical (unpaired) electrons. The third-order valence-electron chi connectivity index (χ3n) is 6.44. The van der Waals surface area contributed by atoms with Crippen molar-refractivity contribution in [2.75, 3.05) is 25.0 Å². The van der Waals surface area contributed by atoms with Gasteiger partial charge in [0.25, 0.3) is 11.8 Å². The molecule has 6 heteroatoms. The third-order valence-corrected chi connectivity index (χ3v) is 6.44. The van der Waals surface area contributed by atoms with Gasteiger partial charge in [-0.3, -0.25) is 14.5 Å². The molecule has 1 saturated heterocycles. The van der Waals surface area contributed by atoms with Crippen molar-refractivity contribution >= 4 is 29.2 Å². The number of nitrogens with zero attached hydrogens (tertiary/aromatic N) is 1. The molecule has 3 heterocycles. The summed E-state index contributed by atoms with van der Waals surface area (Å²) in [5.74, 6) is 1.02. The number of benzene rings is 2. The van der Waals surface area contributed by atoms with Crippen LogP contribution in [0, 0.1) is 0 Å². The summed E-state index contributed by atoms with van der Waals surface area (Å²) in [5, 5.41) is 5.95. The van der Waals surface area contributed by atoms with Crippen LogP contribution in [-0.4, -0.2) is 42.4 Å². The standard InChI is InChI=1S/C27H27N3O3/c1-2-30-14-6-9-20(30)17-28-26(31)19-8-5-7-18(15-19)25-13-12-21(33-25)16-23-22-10-3-4-11-24(22)29-27(23)32/h3-5,7-8,10-13,15-16,20H,2,6,9,14,17H2,1H3,(H,28,31)(H,29,32)/b23-16+. The van der Waals surface area contributed by atoms with Gasteiger partial charge in [-0.25, -0.2) is 0 Å². The minimum absolute atomic E-state index is 0.0760. The molecule has 33 heavy (non-hydrogen) atoms. The fraction of sp³-hybridized carbons (Fsp3) is 0.259. The first-order chi connectivity index (χ1) is 16.1. The number of hydrogen-bond acceptors (Lipinski definition) is 4. The van der Waals surface area contributed by atoms with E-state index in [0.717, 1.165) is 36.3 Å². The molecule has 0 bridgehead atoms. The van der Waals surface area contributed by atoms with E-state index in [-0.39, 0.29) is 11.8 Å². The molecule has 1 unspecified atom stereocenters. The second-order valence-electron chi connectivity index (χ2n) is 8.48. The Morgan fingerprint density at radius 1 is 1.18 bits per heavy atom. The molecule has 2 amide bonds. The Bertz CT molecular complexity index is 1230. The molecule has 1 aromatic heterocycles. The first-order valence-electron chi connectivity index (χ1n) is 11.5. The van der Waals surface area contributed by atoms with Gasteiger partial charge in [0.05, 0.1) is 5.57 Å². The first-order valence-corrected chi connectivity index (χ1v) is 11.5. The fourth-order valence-electron chi connectivity index (χ4n) is 4.68. The van der Waals surface area contributed by atoms with Crippen LogP contribution in [0.15, 0.2) is 65.1 Å². The summed E-state index contributed by atoms with van der Waals surface area (Å²) >= 11 is 0. The van der Waals surface area contributed by atoms with Crippen molar-refractivity contribution in [3.05, 3.63) is 77.6 Å². The highest BCUT2D eigenvalue weighted by molar-refractivity contribution is 6.34. The van der Waals surface area contributed by atoms with Crippen LogP contribution in [0.2, 0.25) is 0 Å². The average Bonchev–Trinajstić information content (AvgIpc) is 3.57. The fourth-order valence-corrected chi connectivity index (χ4v) is 4.68. The Balaban J connectivity index is 1.31. The van der Waals surface area contributed by atoms with E-state index in [1.165, 1.54) is 6.42 Å². The van der Waals surface area contributed by atoms with Crippen LogP contribution < -0.4 is 10.6 Å². The second-order valence-corrected chi connectivity index (χ2v) is 8.48. The van der Waals surface area contributed by atoms with E-state index in [1.807, 2.05) is 60.7 Å². The molecule has 2 N–H and O–H groups in total. The first kappa shape index (κ1) is 21.2. The van der Waals surface area contributed by atoms with Crippen LogP contribution in [0.5, 0.6) is 0 Å². The number of amides is 2. The minimum Gasteiger partial charge on any atom is -0.457 e. The SMILES string of the molecule is CCN1CCCC1CNC(=O)c1cccc(-c2ccc(/C=C3/C(=O)Nc4ccccc43)o2)c1. The van der Waals surface area contributed by atoms with Crippen LogP contribution in [0.25, 0.3) is 23.0 Å². The average molecular weight is 442 g/mol.